The number of carbonyl (C=O) groups excluding carboxylic acids is 1. The fourth-order valence-electron chi connectivity index (χ4n) is 1.93. The molecular weight excluding hydrogens is 282 g/mol. The highest BCUT2D eigenvalue weighted by atomic mass is 79.9. The first-order valence-electron chi connectivity index (χ1n) is 5.81. The van der Waals surface area contributed by atoms with Crippen molar-refractivity contribution in [2.75, 3.05) is 18.4 Å². The van der Waals surface area contributed by atoms with E-state index in [2.05, 4.69) is 31.5 Å². The van der Waals surface area contributed by atoms with Gasteiger partial charge in [-0.2, -0.15) is 0 Å². The van der Waals surface area contributed by atoms with Gasteiger partial charge in [0, 0.05) is 10.4 Å². The lowest BCUT2D eigenvalue weighted by molar-refractivity contribution is -0.120. The number of aryl methyl sites for hydroxylation is 1. The lowest BCUT2D eigenvalue weighted by atomic mass is 9.97. The second-order valence-corrected chi connectivity index (χ2v) is 5.13. The fraction of sp³-hybridized carbons (Fsp3) is 0.500. The Hall–Kier alpha value is -0.940. The van der Waals surface area contributed by atoms with Crippen molar-refractivity contribution in [2.45, 2.75) is 19.8 Å². The number of hydrogen-bond acceptors (Lipinski definition) is 3. The smallest absolute Gasteiger partial charge is 0.228 e. The summed E-state index contributed by atoms with van der Waals surface area (Å²) >= 11 is 3.39. The van der Waals surface area contributed by atoms with Gasteiger partial charge in [-0.05, 0) is 60.9 Å². The van der Waals surface area contributed by atoms with Gasteiger partial charge in [0.1, 0.15) is 5.82 Å². The van der Waals surface area contributed by atoms with E-state index in [1.54, 1.807) is 0 Å². The highest BCUT2D eigenvalue weighted by Gasteiger charge is 2.21. The molecule has 0 aliphatic carbocycles. The predicted molar refractivity (Wildman–Crippen MR) is 70.9 cm³/mol. The maximum atomic E-state index is 12.0. The molecule has 17 heavy (non-hydrogen) atoms. The van der Waals surface area contributed by atoms with E-state index < -0.39 is 0 Å². The summed E-state index contributed by atoms with van der Waals surface area (Å²) in [6.45, 7) is 3.75. The van der Waals surface area contributed by atoms with E-state index in [1.807, 2.05) is 19.1 Å². The van der Waals surface area contributed by atoms with E-state index in [-0.39, 0.29) is 11.8 Å². The molecular formula is C12H16BrN3O. The van der Waals surface area contributed by atoms with Gasteiger partial charge in [0.2, 0.25) is 5.91 Å². The highest BCUT2D eigenvalue weighted by Crippen LogP contribution is 2.18. The van der Waals surface area contributed by atoms with Gasteiger partial charge >= 0.3 is 0 Å². The van der Waals surface area contributed by atoms with Gasteiger partial charge in [-0.25, -0.2) is 4.98 Å². The van der Waals surface area contributed by atoms with E-state index in [1.165, 1.54) is 0 Å². The molecule has 1 aromatic rings. The zero-order valence-electron chi connectivity index (χ0n) is 9.79. The minimum absolute atomic E-state index is 0.0840. The lowest BCUT2D eigenvalue weighted by Gasteiger charge is -2.21. The maximum Gasteiger partial charge on any atom is 0.228 e. The summed E-state index contributed by atoms with van der Waals surface area (Å²) in [6.07, 6.45) is 1.81. The Morgan fingerprint density at radius 3 is 2.82 bits per heavy atom. The van der Waals surface area contributed by atoms with Gasteiger partial charge in [-0.1, -0.05) is 0 Å². The molecule has 0 unspecified atom stereocenters. The SMILES string of the molecule is Cc1nc(NC(=O)C2CCNCC2)ccc1Br. The number of carbonyl (C=O) groups is 1. The molecule has 5 heteroatoms. The van der Waals surface area contributed by atoms with Crippen molar-refractivity contribution in [2.24, 2.45) is 5.92 Å². The number of nitrogens with one attached hydrogen (secondary N) is 2. The van der Waals surface area contributed by atoms with Crippen molar-refractivity contribution >= 4 is 27.7 Å². The van der Waals surface area contributed by atoms with Crippen LogP contribution in [0.25, 0.3) is 0 Å². The molecule has 1 aliphatic heterocycles. The van der Waals surface area contributed by atoms with Crippen LogP contribution in [0, 0.1) is 12.8 Å². The first kappa shape index (κ1) is 12.5. The summed E-state index contributed by atoms with van der Waals surface area (Å²) in [5.41, 5.74) is 0.883. The number of hydrogen-bond donors (Lipinski definition) is 2. The Morgan fingerprint density at radius 2 is 2.18 bits per heavy atom. The summed E-state index contributed by atoms with van der Waals surface area (Å²) < 4.78 is 0.956. The van der Waals surface area contributed by atoms with E-state index in [0.717, 1.165) is 36.1 Å². The van der Waals surface area contributed by atoms with Crippen molar-refractivity contribution < 1.29 is 4.79 Å². The van der Waals surface area contributed by atoms with E-state index in [9.17, 15) is 4.79 Å². The average Bonchev–Trinajstić information content (AvgIpc) is 2.35. The fourth-order valence-corrected chi connectivity index (χ4v) is 2.15. The molecule has 0 aromatic carbocycles. The molecule has 2 N–H and O–H groups in total. The van der Waals surface area contributed by atoms with Gasteiger partial charge in [0.15, 0.2) is 0 Å². The van der Waals surface area contributed by atoms with Crippen LogP contribution in [0.4, 0.5) is 5.82 Å². The van der Waals surface area contributed by atoms with Crippen molar-refractivity contribution in [3.05, 3.63) is 22.3 Å². The number of halogens is 1. The summed E-state index contributed by atoms with van der Waals surface area (Å²) in [7, 11) is 0. The second kappa shape index (κ2) is 5.60. The number of anilines is 1. The number of piperidine rings is 1. The zero-order valence-corrected chi connectivity index (χ0v) is 11.4. The molecule has 1 aromatic heterocycles. The number of aromatic nitrogens is 1. The van der Waals surface area contributed by atoms with Crippen LogP contribution in [0.15, 0.2) is 16.6 Å². The Kier molecular flexibility index (Phi) is 4.12. The summed E-state index contributed by atoms with van der Waals surface area (Å²) in [4.78, 5) is 16.3. The van der Waals surface area contributed by atoms with Crippen LogP contribution in [-0.2, 0) is 4.79 Å². The standard InChI is InChI=1S/C12H16BrN3O/c1-8-10(13)2-3-11(15-8)16-12(17)9-4-6-14-7-5-9/h2-3,9,14H,4-7H2,1H3,(H,15,16,17). The first-order chi connectivity index (χ1) is 8.16. The minimum Gasteiger partial charge on any atom is -0.317 e. The van der Waals surface area contributed by atoms with Crippen molar-refractivity contribution in [1.29, 1.82) is 0 Å². The van der Waals surface area contributed by atoms with E-state index in [0.29, 0.717) is 5.82 Å². The largest absolute Gasteiger partial charge is 0.317 e. The highest BCUT2D eigenvalue weighted by molar-refractivity contribution is 9.10. The average molecular weight is 298 g/mol. The maximum absolute atomic E-state index is 12.0. The van der Waals surface area contributed by atoms with E-state index in [4.69, 9.17) is 0 Å². The third-order valence-electron chi connectivity index (χ3n) is 2.98. The summed E-state index contributed by atoms with van der Waals surface area (Å²) in [5, 5.41) is 6.13. The summed E-state index contributed by atoms with van der Waals surface area (Å²) in [5.74, 6) is 0.831. The Balaban J connectivity index is 1.99. The van der Waals surface area contributed by atoms with Crippen LogP contribution < -0.4 is 10.6 Å². The van der Waals surface area contributed by atoms with Gasteiger partial charge in [-0.3, -0.25) is 4.79 Å². The number of amides is 1. The third-order valence-corrected chi connectivity index (χ3v) is 3.82. The van der Waals surface area contributed by atoms with Crippen LogP contribution in [0.2, 0.25) is 0 Å². The molecule has 92 valence electrons. The number of rotatable bonds is 2. The van der Waals surface area contributed by atoms with Gasteiger partial charge in [0.25, 0.3) is 0 Å². The molecule has 1 amide bonds. The molecule has 0 saturated carbocycles. The molecule has 1 fully saturated rings. The molecule has 0 radical (unpaired) electrons. The monoisotopic (exact) mass is 297 g/mol. The summed E-state index contributed by atoms with van der Waals surface area (Å²) in [6, 6.07) is 3.72. The molecule has 0 spiro atoms. The third kappa shape index (κ3) is 3.26. The Labute approximate surface area is 109 Å². The number of nitrogens with zero attached hydrogens (tertiary/aromatic N) is 1. The topological polar surface area (TPSA) is 54.0 Å². The number of pyridine rings is 1. The van der Waals surface area contributed by atoms with Crippen LogP contribution in [0.3, 0.4) is 0 Å². The van der Waals surface area contributed by atoms with Crippen molar-refractivity contribution in [3.63, 3.8) is 0 Å². The Bertz CT molecular complexity index is 416. The molecule has 4 nitrogen and oxygen atoms in total. The van der Waals surface area contributed by atoms with Gasteiger partial charge in [-0.15, -0.1) is 0 Å². The molecule has 0 atom stereocenters. The molecule has 1 aliphatic rings. The first-order valence-corrected chi connectivity index (χ1v) is 6.61. The Morgan fingerprint density at radius 1 is 1.47 bits per heavy atom. The minimum atomic E-state index is 0.0840. The van der Waals surface area contributed by atoms with Crippen molar-refractivity contribution in [3.8, 4) is 0 Å². The quantitative estimate of drug-likeness (QED) is 0.879. The molecule has 1 saturated heterocycles. The normalized spacial score (nSPS) is 16.8. The van der Waals surface area contributed by atoms with Gasteiger partial charge in [0.05, 0.1) is 5.69 Å². The lowest BCUT2D eigenvalue weighted by Crippen LogP contribution is -2.34. The van der Waals surface area contributed by atoms with Crippen LogP contribution in [0.5, 0.6) is 0 Å². The van der Waals surface area contributed by atoms with Crippen LogP contribution in [0.1, 0.15) is 18.5 Å². The molecule has 2 heterocycles. The van der Waals surface area contributed by atoms with Crippen LogP contribution >= 0.6 is 15.9 Å². The van der Waals surface area contributed by atoms with E-state index >= 15 is 0 Å². The zero-order chi connectivity index (χ0) is 12.3. The van der Waals surface area contributed by atoms with Gasteiger partial charge < -0.3 is 10.6 Å². The van der Waals surface area contributed by atoms with Crippen LogP contribution in [-0.4, -0.2) is 24.0 Å². The van der Waals surface area contributed by atoms with Crippen molar-refractivity contribution in [1.82, 2.24) is 10.3 Å². The molecule has 2 rings (SSSR count). The molecule has 0 bridgehead atoms. The predicted octanol–water partition coefficient (Wildman–Crippen LogP) is 2.09. The second-order valence-electron chi connectivity index (χ2n) is 4.28.